The van der Waals surface area contributed by atoms with Crippen LogP contribution in [0.1, 0.15) is 49.9 Å². The summed E-state index contributed by atoms with van der Waals surface area (Å²) in [5.74, 6) is 0.967. The number of aryl methyl sites for hydroxylation is 2. The second-order valence-corrected chi connectivity index (χ2v) is 7.40. The van der Waals surface area contributed by atoms with Crippen molar-refractivity contribution in [3.05, 3.63) is 11.3 Å². The molecule has 0 spiro atoms. The molecule has 7 heteroatoms. The Morgan fingerprint density at radius 2 is 2.20 bits per heavy atom. The van der Waals surface area contributed by atoms with Crippen molar-refractivity contribution in [2.24, 2.45) is 13.0 Å². The first-order valence-electron chi connectivity index (χ1n) is 8.93. The first kappa shape index (κ1) is 17.7. The molecular weight excluding hydrogens is 318 g/mol. The number of nitriles is 1. The molecule has 0 bridgehead atoms. The number of carbonyl (C=O) groups is 1. The number of amides is 1. The highest BCUT2D eigenvalue weighted by molar-refractivity contribution is 5.79. The van der Waals surface area contributed by atoms with Gasteiger partial charge in [-0.3, -0.25) is 9.69 Å². The van der Waals surface area contributed by atoms with Crippen LogP contribution in [-0.4, -0.2) is 46.3 Å². The molecule has 1 aromatic heterocycles. The normalized spacial score (nSPS) is 23.1. The summed E-state index contributed by atoms with van der Waals surface area (Å²) in [6, 6.07) is 2.41. The Hall–Kier alpha value is -2.07. The Morgan fingerprint density at radius 1 is 1.48 bits per heavy atom. The van der Waals surface area contributed by atoms with Crippen LogP contribution in [0.25, 0.3) is 0 Å². The maximum atomic E-state index is 12.6. The summed E-state index contributed by atoms with van der Waals surface area (Å²) >= 11 is 0. The lowest BCUT2D eigenvalue weighted by Crippen LogP contribution is -2.50. The average Bonchev–Trinajstić information content (AvgIpc) is 3.27. The lowest BCUT2D eigenvalue weighted by molar-refractivity contribution is -0.123. The molecule has 2 fully saturated rings. The molecule has 1 aromatic rings. The SMILES string of the molecule is COc1c([C@H]2CCCN2CC(=O)N[C@](C)(C#N)C2CC2)c(C)nn1C. The van der Waals surface area contributed by atoms with E-state index in [2.05, 4.69) is 21.4 Å². The third-order valence-corrected chi connectivity index (χ3v) is 5.48. The van der Waals surface area contributed by atoms with Crippen molar-refractivity contribution in [3.8, 4) is 11.9 Å². The first-order valence-corrected chi connectivity index (χ1v) is 8.93. The number of aromatic nitrogens is 2. The Balaban J connectivity index is 1.72. The first-order chi connectivity index (χ1) is 11.9. The summed E-state index contributed by atoms with van der Waals surface area (Å²) in [6.45, 7) is 4.97. The van der Waals surface area contributed by atoms with Crippen molar-refractivity contribution in [1.82, 2.24) is 20.0 Å². The zero-order valence-corrected chi connectivity index (χ0v) is 15.5. The lowest BCUT2D eigenvalue weighted by Gasteiger charge is -2.28. The average molecular weight is 345 g/mol. The van der Waals surface area contributed by atoms with Crippen LogP contribution in [0.2, 0.25) is 0 Å². The van der Waals surface area contributed by atoms with Crippen molar-refractivity contribution in [3.63, 3.8) is 0 Å². The standard InChI is InChI=1S/C18H27N5O2/c1-12-16(17(25-4)22(3)21-12)14-6-5-9-23(14)10-15(24)20-18(2,11-19)13-7-8-13/h13-14H,5-10H2,1-4H3,(H,20,24)/t14-,18-/m1/s1. The van der Waals surface area contributed by atoms with Gasteiger partial charge in [0.15, 0.2) is 0 Å². The second kappa shape index (κ2) is 6.68. The number of nitrogens with one attached hydrogen (secondary N) is 1. The van der Waals surface area contributed by atoms with E-state index in [1.54, 1.807) is 11.8 Å². The predicted octanol–water partition coefficient (Wildman–Crippen LogP) is 1.68. The molecule has 25 heavy (non-hydrogen) atoms. The maximum Gasteiger partial charge on any atom is 0.235 e. The van der Waals surface area contributed by atoms with E-state index in [-0.39, 0.29) is 17.9 Å². The smallest absolute Gasteiger partial charge is 0.235 e. The number of ether oxygens (including phenoxy) is 1. The molecule has 2 heterocycles. The van der Waals surface area contributed by atoms with Gasteiger partial charge in [0.1, 0.15) is 5.54 Å². The lowest BCUT2D eigenvalue weighted by atomic mass is 9.98. The van der Waals surface area contributed by atoms with Crippen LogP contribution in [0.15, 0.2) is 0 Å². The number of methoxy groups -OCH3 is 1. The van der Waals surface area contributed by atoms with E-state index in [4.69, 9.17) is 4.74 Å². The molecule has 0 radical (unpaired) electrons. The van der Waals surface area contributed by atoms with E-state index >= 15 is 0 Å². The molecular formula is C18H27N5O2. The molecule has 7 nitrogen and oxygen atoms in total. The number of hydrogen-bond acceptors (Lipinski definition) is 5. The summed E-state index contributed by atoms with van der Waals surface area (Å²) in [7, 11) is 3.52. The number of rotatable bonds is 6. The van der Waals surface area contributed by atoms with Gasteiger partial charge in [-0.05, 0) is 52.0 Å². The van der Waals surface area contributed by atoms with Crippen molar-refractivity contribution >= 4 is 5.91 Å². The molecule has 1 N–H and O–H groups in total. The second-order valence-electron chi connectivity index (χ2n) is 7.40. The molecule has 136 valence electrons. The molecule has 1 saturated carbocycles. The molecule has 1 aliphatic heterocycles. The van der Waals surface area contributed by atoms with Crippen LogP contribution in [0.4, 0.5) is 0 Å². The van der Waals surface area contributed by atoms with Gasteiger partial charge in [0.25, 0.3) is 0 Å². The third-order valence-electron chi connectivity index (χ3n) is 5.48. The van der Waals surface area contributed by atoms with Crippen LogP contribution < -0.4 is 10.1 Å². The fourth-order valence-electron chi connectivity index (χ4n) is 4.02. The van der Waals surface area contributed by atoms with Gasteiger partial charge in [-0.1, -0.05) is 0 Å². The monoisotopic (exact) mass is 345 g/mol. The number of carbonyl (C=O) groups excluding carboxylic acids is 1. The molecule has 2 atom stereocenters. The Morgan fingerprint density at radius 3 is 2.80 bits per heavy atom. The highest BCUT2D eigenvalue weighted by atomic mass is 16.5. The van der Waals surface area contributed by atoms with E-state index < -0.39 is 5.54 Å². The van der Waals surface area contributed by atoms with E-state index in [1.807, 2.05) is 20.9 Å². The maximum absolute atomic E-state index is 12.6. The van der Waals surface area contributed by atoms with Gasteiger partial charge in [-0.15, -0.1) is 0 Å². The van der Waals surface area contributed by atoms with E-state index in [1.165, 1.54) is 0 Å². The van der Waals surface area contributed by atoms with Gasteiger partial charge in [0.2, 0.25) is 11.8 Å². The predicted molar refractivity (Wildman–Crippen MR) is 92.9 cm³/mol. The van der Waals surface area contributed by atoms with Gasteiger partial charge in [0, 0.05) is 13.1 Å². The topological polar surface area (TPSA) is 83.2 Å². The number of likely N-dealkylation sites (tertiary alicyclic amines) is 1. The van der Waals surface area contributed by atoms with E-state index in [0.717, 1.165) is 49.4 Å². The minimum Gasteiger partial charge on any atom is -0.481 e. The third kappa shape index (κ3) is 3.36. The van der Waals surface area contributed by atoms with Crippen molar-refractivity contribution < 1.29 is 9.53 Å². The minimum absolute atomic E-state index is 0.0802. The Bertz CT molecular complexity index is 703. The number of nitrogens with zero attached hydrogens (tertiary/aromatic N) is 4. The van der Waals surface area contributed by atoms with Crippen LogP contribution in [0.3, 0.4) is 0 Å². The Kier molecular flexibility index (Phi) is 4.74. The highest BCUT2D eigenvalue weighted by Crippen LogP contribution is 2.40. The summed E-state index contributed by atoms with van der Waals surface area (Å²) < 4.78 is 7.28. The summed E-state index contributed by atoms with van der Waals surface area (Å²) in [6.07, 6.45) is 4.05. The van der Waals surface area contributed by atoms with Gasteiger partial charge in [0.05, 0.1) is 31.0 Å². The summed E-state index contributed by atoms with van der Waals surface area (Å²) in [5.41, 5.74) is 1.27. The van der Waals surface area contributed by atoms with Crippen LogP contribution >= 0.6 is 0 Å². The van der Waals surface area contributed by atoms with Crippen molar-refractivity contribution in [2.75, 3.05) is 20.2 Å². The largest absolute Gasteiger partial charge is 0.481 e. The molecule has 0 unspecified atom stereocenters. The highest BCUT2D eigenvalue weighted by Gasteiger charge is 2.43. The fraction of sp³-hybridized carbons (Fsp3) is 0.722. The molecule has 1 amide bonds. The van der Waals surface area contributed by atoms with Gasteiger partial charge < -0.3 is 10.1 Å². The van der Waals surface area contributed by atoms with Crippen molar-refractivity contribution in [2.45, 2.75) is 51.1 Å². The molecule has 0 aromatic carbocycles. The molecule has 1 aliphatic carbocycles. The summed E-state index contributed by atoms with van der Waals surface area (Å²) in [5, 5.41) is 16.9. The van der Waals surface area contributed by atoms with Crippen LogP contribution in [0.5, 0.6) is 5.88 Å². The van der Waals surface area contributed by atoms with Crippen LogP contribution in [-0.2, 0) is 11.8 Å². The van der Waals surface area contributed by atoms with E-state index in [0.29, 0.717) is 6.54 Å². The molecule has 2 aliphatic rings. The van der Waals surface area contributed by atoms with E-state index in [9.17, 15) is 10.1 Å². The fourth-order valence-corrected chi connectivity index (χ4v) is 4.02. The zero-order chi connectivity index (χ0) is 18.2. The van der Waals surface area contributed by atoms with Gasteiger partial charge >= 0.3 is 0 Å². The number of hydrogen-bond donors (Lipinski definition) is 1. The quantitative estimate of drug-likeness (QED) is 0.848. The molecule has 3 rings (SSSR count). The molecule has 1 saturated heterocycles. The van der Waals surface area contributed by atoms with Gasteiger partial charge in [-0.25, -0.2) is 4.68 Å². The summed E-state index contributed by atoms with van der Waals surface area (Å²) in [4.78, 5) is 14.7. The van der Waals surface area contributed by atoms with Crippen LogP contribution in [0, 0.1) is 24.2 Å². The zero-order valence-electron chi connectivity index (χ0n) is 15.5. The Labute approximate surface area is 148 Å². The van der Waals surface area contributed by atoms with Gasteiger partial charge in [-0.2, -0.15) is 10.4 Å². The van der Waals surface area contributed by atoms with Crippen molar-refractivity contribution in [1.29, 1.82) is 5.26 Å². The minimum atomic E-state index is -0.742.